The lowest BCUT2D eigenvalue weighted by molar-refractivity contribution is -0.118. The Morgan fingerprint density at radius 2 is 1.79 bits per heavy atom. The number of hydrogen-bond donors (Lipinski definition) is 1. The Balaban J connectivity index is 1.35. The summed E-state index contributed by atoms with van der Waals surface area (Å²) in [6, 6.07) is 22.9. The highest BCUT2D eigenvalue weighted by molar-refractivity contribution is 7.99. The van der Waals surface area contributed by atoms with Gasteiger partial charge in [-0.2, -0.15) is 0 Å². The van der Waals surface area contributed by atoms with Crippen LogP contribution in [0.15, 0.2) is 78.0 Å². The molecule has 9 heteroatoms. The van der Waals surface area contributed by atoms with Crippen molar-refractivity contribution in [3.63, 3.8) is 0 Å². The van der Waals surface area contributed by atoms with Crippen LogP contribution in [-0.2, 0) is 11.3 Å². The average molecular weight is 479 g/mol. The van der Waals surface area contributed by atoms with Crippen molar-refractivity contribution in [3.05, 3.63) is 83.4 Å². The second kappa shape index (κ2) is 9.56. The summed E-state index contributed by atoms with van der Waals surface area (Å²) in [5.41, 5.74) is 2.73. The highest BCUT2D eigenvalue weighted by atomic mass is 35.5. The minimum Gasteiger partial charge on any atom is -0.454 e. The van der Waals surface area contributed by atoms with Gasteiger partial charge in [-0.15, -0.1) is 10.2 Å². The number of nitrogens with zero attached hydrogens (tertiary/aromatic N) is 3. The summed E-state index contributed by atoms with van der Waals surface area (Å²) in [5.74, 6) is 2.15. The molecule has 1 aliphatic rings. The van der Waals surface area contributed by atoms with Crippen LogP contribution in [0.2, 0.25) is 5.02 Å². The van der Waals surface area contributed by atoms with Gasteiger partial charge in [-0.3, -0.25) is 9.36 Å². The molecule has 1 aromatic heterocycles. The zero-order valence-electron chi connectivity index (χ0n) is 17.4. The molecule has 0 radical (unpaired) electrons. The zero-order chi connectivity index (χ0) is 22.6. The number of hydrogen-bond acceptors (Lipinski definition) is 6. The van der Waals surface area contributed by atoms with Crippen LogP contribution in [0.3, 0.4) is 0 Å². The fourth-order valence-corrected chi connectivity index (χ4v) is 4.29. The summed E-state index contributed by atoms with van der Waals surface area (Å²) in [6.45, 7) is 0.640. The van der Waals surface area contributed by atoms with Crippen LogP contribution in [0, 0.1) is 0 Å². The van der Waals surface area contributed by atoms with E-state index in [0.717, 1.165) is 16.8 Å². The summed E-state index contributed by atoms with van der Waals surface area (Å²) < 4.78 is 12.9. The van der Waals surface area contributed by atoms with Gasteiger partial charge in [0, 0.05) is 22.8 Å². The predicted octanol–water partition coefficient (Wildman–Crippen LogP) is 4.72. The lowest BCUT2D eigenvalue weighted by Gasteiger charge is -2.11. The molecule has 0 aliphatic carbocycles. The molecule has 0 fully saturated rings. The number of nitrogens with one attached hydrogen (secondary N) is 1. The van der Waals surface area contributed by atoms with E-state index in [1.165, 1.54) is 11.8 Å². The molecule has 0 atom stereocenters. The van der Waals surface area contributed by atoms with Gasteiger partial charge in [0.1, 0.15) is 0 Å². The number of ether oxygens (including phenoxy) is 2. The molecule has 2 heterocycles. The quantitative estimate of drug-likeness (QED) is 0.387. The fourth-order valence-electron chi connectivity index (χ4n) is 3.38. The minimum atomic E-state index is -0.0952. The molecule has 4 aromatic rings. The Kier molecular flexibility index (Phi) is 6.19. The van der Waals surface area contributed by atoms with Crippen molar-refractivity contribution in [2.45, 2.75) is 11.7 Å². The molecule has 1 amide bonds. The Hall–Kier alpha value is -3.49. The molecule has 3 aromatic carbocycles. The van der Waals surface area contributed by atoms with Crippen LogP contribution < -0.4 is 14.8 Å². The Morgan fingerprint density at radius 3 is 2.61 bits per heavy atom. The van der Waals surface area contributed by atoms with Crippen molar-refractivity contribution in [3.8, 4) is 28.6 Å². The minimum absolute atomic E-state index is 0.0952. The molecule has 0 spiro atoms. The number of aromatic nitrogens is 3. The largest absolute Gasteiger partial charge is 0.454 e. The maximum absolute atomic E-state index is 12.5. The highest BCUT2D eigenvalue weighted by Gasteiger charge is 2.20. The van der Waals surface area contributed by atoms with E-state index < -0.39 is 0 Å². The second-order valence-electron chi connectivity index (χ2n) is 7.24. The smallest absolute Gasteiger partial charge is 0.231 e. The SMILES string of the molecule is O=C(CSc1nnc(-c2ccc3c(c2)OCO3)n1-c1ccccc1)NCc1ccc(Cl)cc1. The molecule has 0 unspecified atom stereocenters. The summed E-state index contributed by atoms with van der Waals surface area (Å²) in [6.07, 6.45) is 0. The van der Waals surface area contributed by atoms with Gasteiger partial charge in [0.05, 0.1) is 5.75 Å². The zero-order valence-corrected chi connectivity index (χ0v) is 19.0. The molecule has 0 saturated heterocycles. The molecule has 1 aliphatic heterocycles. The predicted molar refractivity (Wildman–Crippen MR) is 127 cm³/mol. The topological polar surface area (TPSA) is 78.3 Å². The van der Waals surface area contributed by atoms with Crippen molar-refractivity contribution in [2.24, 2.45) is 0 Å². The lowest BCUT2D eigenvalue weighted by atomic mass is 10.2. The van der Waals surface area contributed by atoms with Gasteiger partial charge in [0.2, 0.25) is 12.7 Å². The third-order valence-electron chi connectivity index (χ3n) is 5.01. The van der Waals surface area contributed by atoms with Crippen LogP contribution in [-0.4, -0.2) is 33.2 Å². The molecular formula is C24H19ClN4O3S. The van der Waals surface area contributed by atoms with E-state index in [4.69, 9.17) is 21.1 Å². The van der Waals surface area contributed by atoms with Crippen molar-refractivity contribution in [2.75, 3.05) is 12.5 Å². The molecular weight excluding hydrogens is 460 g/mol. The maximum atomic E-state index is 12.5. The van der Waals surface area contributed by atoms with Crippen molar-refractivity contribution >= 4 is 29.3 Å². The monoisotopic (exact) mass is 478 g/mol. The first-order valence-corrected chi connectivity index (χ1v) is 11.6. The van der Waals surface area contributed by atoms with E-state index in [0.29, 0.717) is 34.0 Å². The van der Waals surface area contributed by atoms with E-state index in [1.807, 2.05) is 65.2 Å². The molecule has 7 nitrogen and oxygen atoms in total. The van der Waals surface area contributed by atoms with Crippen LogP contribution in [0.4, 0.5) is 0 Å². The van der Waals surface area contributed by atoms with E-state index in [1.54, 1.807) is 12.1 Å². The maximum Gasteiger partial charge on any atom is 0.231 e. The Labute approximate surface area is 199 Å². The average Bonchev–Trinajstić information content (AvgIpc) is 3.49. The van der Waals surface area contributed by atoms with Gasteiger partial charge < -0.3 is 14.8 Å². The highest BCUT2D eigenvalue weighted by Crippen LogP contribution is 2.37. The molecule has 166 valence electrons. The van der Waals surface area contributed by atoms with E-state index in [-0.39, 0.29) is 18.5 Å². The summed E-state index contributed by atoms with van der Waals surface area (Å²) in [5, 5.41) is 13.0. The van der Waals surface area contributed by atoms with Crippen molar-refractivity contribution < 1.29 is 14.3 Å². The van der Waals surface area contributed by atoms with Gasteiger partial charge in [-0.1, -0.05) is 53.7 Å². The third-order valence-corrected chi connectivity index (χ3v) is 6.19. The number of para-hydroxylation sites is 1. The number of carbonyl (C=O) groups is 1. The van der Waals surface area contributed by atoms with E-state index in [9.17, 15) is 4.79 Å². The van der Waals surface area contributed by atoms with Gasteiger partial charge in [0.15, 0.2) is 22.5 Å². The standard InChI is InChI=1S/C24H19ClN4O3S/c25-18-9-6-16(7-10-18)13-26-22(30)14-33-24-28-27-23(29(24)19-4-2-1-3-5-19)17-8-11-20-21(12-17)32-15-31-20/h1-12H,13-15H2,(H,26,30). The second-order valence-corrected chi connectivity index (χ2v) is 8.62. The lowest BCUT2D eigenvalue weighted by Crippen LogP contribution is -2.24. The first-order chi connectivity index (χ1) is 16.2. The first kappa shape index (κ1) is 21.4. The van der Waals surface area contributed by atoms with Gasteiger partial charge in [0.25, 0.3) is 0 Å². The van der Waals surface area contributed by atoms with Gasteiger partial charge >= 0.3 is 0 Å². The third kappa shape index (κ3) is 4.81. The van der Waals surface area contributed by atoms with Gasteiger partial charge in [-0.05, 0) is 48.0 Å². The van der Waals surface area contributed by atoms with Crippen LogP contribution in [0.1, 0.15) is 5.56 Å². The van der Waals surface area contributed by atoms with Crippen molar-refractivity contribution in [1.29, 1.82) is 0 Å². The van der Waals surface area contributed by atoms with E-state index in [2.05, 4.69) is 15.5 Å². The number of thioether (sulfide) groups is 1. The summed E-state index contributed by atoms with van der Waals surface area (Å²) in [4.78, 5) is 12.5. The normalized spacial score (nSPS) is 12.0. The fraction of sp³-hybridized carbons (Fsp3) is 0.125. The van der Waals surface area contributed by atoms with Crippen molar-refractivity contribution in [1.82, 2.24) is 20.1 Å². The molecule has 33 heavy (non-hydrogen) atoms. The Bertz CT molecular complexity index is 1280. The van der Waals surface area contributed by atoms with E-state index >= 15 is 0 Å². The Morgan fingerprint density at radius 1 is 1.00 bits per heavy atom. The number of halogens is 1. The molecule has 1 N–H and O–H groups in total. The number of amides is 1. The number of benzene rings is 3. The number of fused-ring (bicyclic) bond motifs is 1. The number of rotatable bonds is 7. The van der Waals surface area contributed by atoms with Crippen LogP contribution in [0.25, 0.3) is 17.1 Å². The molecule has 5 rings (SSSR count). The first-order valence-electron chi connectivity index (χ1n) is 10.2. The summed E-state index contributed by atoms with van der Waals surface area (Å²) >= 11 is 7.24. The van der Waals surface area contributed by atoms with Crippen LogP contribution >= 0.6 is 23.4 Å². The molecule has 0 bridgehead atoms. The van der Waals surface area contributed by atoms with Gasteiger partial charge in [-0.25, -0.2) is 0 Å². The molecule has 0 saturated carbocycles. The number of carbonyl (C=O) groups excluding carboxylic acids is 1. The van der Waals surface area contributed by atoms with Crippen LogP contribution in [0.5, 0.6) is 11.5 Å². The summed E-state index contributed by atoms with van der Waals surface area (Å²) in [7, 11) is 0.